The molecule has 0 atom stereocenters. The number of H-pyrrole nitrogens is 1. The van der Waals surface area contributed by atoms with Gasteiger partial charge < -0.3 is 14.9 Å². The van der Waals surface area contributed by atoms with E-state index < -0.39 is 0 Å². The fourth-order valence-electron chi connectivity index (χ4n) is 2.81. The molecule has 0 aliphatic rings. The minimum absolute atomic E-state index is 0.0977. The van der Waals surface area contributed by atoms with E-state index in [2.05, 4.69) is 10.3 Å². The van der Waals surface area contributed by atoms with Gasteiger partial charge in [-0.25, -0.2) is 0 Å². The topological polar surface area (TPSA) is 49.8 Å². The number of hydrogen-bond acceptors (Lipinski definition) is 1. The van der Waals surface area contributed by atoms with Crippen LogP contribution in [0.25, 0.3) is 21.8 Å². The number of anilines is 1. The molecule has 0 radical (unpaired) electrons. The molecular weight excluding hydrogens is 274 g/mol. The first-order valence-corrected chi connectivity index (χ1v) is 7.15. The minimum Gasteiger partial charge on any atom is -0.361 e. The Hall–Kier alpha value is -3.01. The summed E-state index contributed by atoms with van der Waals surface area (Å²) in [6, 6.07) is 15.5. The summed E-state index contributed by atoms with van der Waals surface area (Å²) in [5.41, 5.74) is 3.60. The van der Waals surface area contributed by atoms with E-state index in [1.165, 1.54) is 0 Å². The zero-order chi connectivity index (χ0) is 15.1. The number of nitrogens with zero attached hydrogens (tertiary/aromatic N) is 1. The standard InChI is InChI=1S/C18H15N3O/c1-21-10-8-12-11-13(5-6-17(12)21)18(22)20-16-4-2-3-15-14(16)7-9-19-15/h2-11,19H,1H3,(H,20,22). The van der Waals surface area contributed by atoms with Crippen LogP contribution in [-0.2, 0) is 7.05 Å². The maximum Gasteiger partial charge on any atom is 0.255 e. The second kappa shape index (κ2) is 4.77. The van der Waals surface area contributed by atoms with Crippen molar-refractivity contribution in [1.82, 2.24) is 9.55 Å². The summed E-state index contributed by atoms with van der Waals surface area (Å²) < 4.78 is 2.04. The molecule has 4 rings (SSSR count). The Morgan fingerprint density at radius 2 is 2.05 bits per heavy atom. The van der Waals surface area contributed by atoms with Gasteiger partial charge in [-0.15, -0.1) is 0 Å². The Morgan fingerprint density at radius 1 is 1.14 bits per heavy atom. The number of carbonyl (C=O) groups is 1. The van der Waals surface area contributed by atoms with Crippen LogP contribution in [0.4, 0.5) is 5.69 Å². The van der Waals surface area contributed by atoms with Gasteiger partial charge in [0.2, 0.25) is 0 Å². The monoisotopic (exact) mass is 289 g/mol. The van der Waals surface area contributed by atoms with E-state index in [0.29, 0.717) is 5.56 Å². The lowest BCUT2D eigenvalue weighted by Crippen LogP contribution is -2.11. The number of benzene rings is 2. The molecule has 1 amide bonds. The summed E-state index contributed by atoms with van der Waals surface area (Å²) in [4.78, 5) is 15.6. The van der Waals surface area contributed by atoms with Crippen LogP contribution in [0.2, 0.25) is 0 Å². The van der Waals surface area contributed by atoms with Crippen LogP contribution in [-0.4, -0.2) is 15.5 Å². The van der Waals surface area contributed by atoms with Crippen molar-refractivity contribution < 1.29 is 4.79 Å². The number of aromatic nitrogens is 2. The van der Waals surface area contributed by atoms with Gasteiger partial charge in [-0.2, -0.15) is 0 Å². The van der Waals surface area contributed by atoms with Gasteiger partial charge >= 0.3 is 0 Å². The van der Waals surface area contributed by atoms with Crippen molar-refractivity contribution in [2.45, 2.75) is 0 Å². The third-order valence-electron chi connectivity index (χ3n) is 3.99. The van der Waals surface area contributed by atoms with Gasteiger partial charge in [0.1, 0.15) is 0 Å². The molecule has 4 aromatic rings. The first kappa shape index (κ1) is 12.7. The van der Waals surface area contributed by atoms with Crippen molar-refractivity contribution in [1.29, 1.82) is 0 Å². The Kier molecular flexibility index (Phi) is 2.76. The van der Waals surface area contributed by atoms with E-state index >= 15 is 0 Å². The van der Waals surface area contributed by atoms with E-state index in [-0.39, 0.29) is 5.91 Å². The van der Waals surface area contributed by atoms with Crippen molar-refractivity contribution in [3.63, 3.8) is 0 Å². The molecule has 0 saturated carbocycles. The molecule has 2 aromatic heterocycles. The highest BCUT2D eigenvalue weighted by molar-refractivity contribution is 6.10. The van der Waals surface area contributed by atoms with Crippen molar-refractivity contribution in [2.75, 3.05) is 5.32 Å². The number of amides is 1. The zero-order valence-corrected chi connectivity index (χ0v) is 12.1. The Balaban J connectivity index is 1.69. The van der Waals surface area contributed by atoms with Crippen molar-refractivity contribution in [3.8, 4) is 0 Å². The highest BCUT2D eigenvalue weighted by Crippen LogP contribution is 2.23. The second-order valence-electron chi connectivity index (χ2n) is 5.40. The number of hydrogen-bond donors (Lipinski definition) is 2. The fourth-order valence-corrected chi connectivity index (χ4v) is 2.81. The molecule has 2 heterocycles. The number of aromatic amines is 1. The predicted molar refractivity (Wildman–Crippen MR) is 89.2 cm³/mol. The van der Waals surface area contributed by atoms with Gasteiger partial charge in [0.15, 0.2) is 0 Å². The molecule has 0 unspecified atom stereocenters. The van der Waals surface area contributed by atoms with E-state index in [0.717, 1.165) is 27.5 Å². The SMILES string of the molecule is Cn1ccc2cc(C(=O)Nc3cccc4[nH]ccc34)ccc21. The number of rotatable bonds is 2. The quantitative estimate of drug-likeness (QED) is 0.577. The summed E-state index contributed by atoms with van der Waals surface area (Å²) in [6.07, 6.45) is 3.86. The molecule has 2 N–H and O–H groups in total. The summed E-state index contributed by atoms with van der Waals surface area (Å²) >= 11 is 0. The van der Waals surface area contributed by atoms with Gasteiger partial charge in [-0.1, -0.05) is 6.07 Å². The van der Waals surface area contributed by atoms with Gasteiger partial charge in [0.05, 0.1) is 5.69 Å². The maximum absolute atomic E-state index is 12.5. The average Bonchev–Trinajstić information content (AvgIpc) is 3.14. The van der Waals surface area contributed by atoms with E-state index in [1.54, 1.807) is 0 Å². The molecule has 0 aliphatic carbocycles. The molecular formula is C18H15N3O. The van der Waals surface area contributed by atoms with Crippen LogP contribution in [0.15, 0.2) is 60.9 Å². The van der Waals surface area contributed by atoms with E-state index in [9.17, 15) is 4.79 Å². The smallest absolute Gasteiger partial charge is 0.255 e. The van der Waals surface area contributed by atoms with Crippen LogP contribution in [0, 0.1) is 0 Å². The summed E-state index contributed by atoms with van der Waals surface area (Å²) in [6.45, 7) is 0. The number of fused-ring (bicyclic) bond motifs is 2. The van der Waals surface area contributed by atoms with Crippen molar-refractivity contribution >= 4 is 33.4 Å². The number of aryl methyl sites for hydroxylation is 1. The molecule has 2 aromatic carbocycles. The molecule has 4 heteroatoms. The van der Waals surface area contributed by atoms with Crippen LogP contribution >= 0.6 is 0 Å². The maximum atomic E-state index is 12.5. The van der Waals surface area contributed by atoms with E-state index in [4.69, 9.17) is 0 Å². The number of nitrogens with one attached hydrogen (secondary N) is 2. The van der Waals surface area contributed by atoms with Crippen LogP contribution in [0.1, 0.15) is 10.4 Å². The van der Waals surface area contributed by atoms with Crippen LogP contribution < -0.4 is 5.32 Å². The van der Waals surface area contributed by atoms with Gasteiger partial charge in [-0.05, 0) is 42.5 Å². The minimum atomic E-state index is -0.0977. The largest absolute Gasteiger partial charge is 0.361 e. The second-order valence-corrected chi connectivity index (χ2v) is 5.40. The molecule has 108 valence electrons. The Bertz CT molecular complexity index is 994. The van der Waals surface area contributed by atoms with Crippen molar-refractivity contribution in [3.05, 3.63) is 66.5 Å². The Morgan fingerprint density at radius 3 is 2.95 bits per heavy atom. The molecule has 22 heavy (non-hydrogen) atoms. The fraction of sp³-hybridized carbons (Fsp3) is 0.0556. The van der Waals surface area contributed by atoms with Crippen LogP contribution in [0.3, 0.4) is 0 Å². The number of carbonyl (C=O) groups excluding carboxylic acids is 1. The van der Waals surface area contributed by atoms with Crippen molar-refractivity contribution in [2.24, 2.45) is 7.05 Å². The summed E-state index contributed by atoms with van der Waals surface area (Å²) in [5, 5.41) is 5.07. The molecule has 0 spiro atoms. The normalized spacial score (nSPS) is 11.1. The molecule has 0 saturated heterocycles. The van der Waals surface area contributed by atoms with Gasteiger partial charge in [0, 0.05) is 46.8 Å². The predicted octanol–water partition coefficient (Wildman–Crippen LogP) is 3.91. The molecule has 0 fully saturated rings. The zero-order valence-electron chi connectivity index (χ0n) is 12.1. The van der Waals surface area contributed by atoms with Gasteiger partial charge in [-0.3, -0.25) is 4.79 Å². The highest BCUT2D eigenvalue weighted by Gasteiger charge is 2.10. The lowest BCUT2D eigenvalue weighted by Gasteiger charge is -2.07. The van der Waals surface area contributed by atoms with E-state index in [1.807, 2.05) is 72.5 Å². The molecule has 0 aliphatic heterocycles. The molecule has 4 nitrogen and oxygen atoms in total. The lowest BCUT2D eigenvalue weighted by atomic mass is 10.1. The Labute approximate surface area is 127 Å². The lowest BCUT2D eigenvalue weighted by molar-refractivity contribution is 0.102. The van der Waals surface area contributed by atoms with Crippen LogP contribution in [0.5, 0.6) is 0 Å². The average molecular weight is 289 g/mol. The first-order valence-electron chi connectivity index (χ1n) is 7.15. The molecule has 0 bridgehead atoms. The highest BCUT2D eigenvalue weighted by atomic mass is 16.1. The van der Waals surface area contributed by atoms with Gasteiger partial charge in [0.25, 0.3) is 5.91 Å². The third-order valence-corrected chi connectivity index (χ3v) is 3.99. The third kappa shape index (κ3) is 1.97. The first-order chi connectivity index (χ1) is 10.7. The summed E-state index contributed by atoms with van der Waals surface area (Å²) in [7, 11) is 1.99. The summed E-state index contributed by atoms with van der Waals surface area (Å²) in [5.74, 6) is -0.0977.